The summed E-state index contributed by atoms with van der Waals surface area (Å²) in [5, 5.41) is 0. The molecule has 0 heterocycles. The topological polar surface area (TPSA) is 0 Å². The summed E-state index contributed by atoms with van der Waals surface area (Å²) in [5.74, 6) is 0.539. The lowest BCUT2D eigenvalue weighted by Crippen LogP contribution is -2.13. The first kappa shape index (κ1) is 18.8. The highest BCUT2D eigenvalue weighted by Gasteiger charge is 2.20. The molecule has 0 radical (unpaired) electrons. The van der Waals surface area contributed by atoms with Crippen molar-refractivity contribution in [1.29, 1.82) is 0 Å². The van der Waals surface area contributed by atoms with Gasteiger partial charge >= 0.3 is 0 Å². The van der Waals surface area contributed by atoms with Crippen molar-refractivity contribution in [1.82, 2.24) is 0 Å². The number of benzene rings is 2. The fraction of sp³-hybridized carbons (Fsp3) is 0.500. The highest BCUT2D eigenvalue weighted by Crippen LogP contribution is 2.36. The standard InChI is InChI=1S/C24H34/c1-16(2)21-14-20(24(7,8)9)15-22(17(21)3)18-11-10-12-19(13-18)23(4,5)6/h10-16H,1-9H3. The smallest absolute Gasteiger partial charge is 0.0132 e. The number of hydrogen-bond acceptors (Lipinski definition) is 0. The van der Waals surface area contributed by atoms with E-state index in [1.807, 2.05) is 0 Å². The van der Waals surface area contributed by atoms with Gasteiger partial charge in [0.15, 0.2) is 0 Å². The summed E-state index contributed by atoms with van der Waals surface area (Å²) in [6.07, 6.45) is 0. The molecule has 2 aromatic rings. The molecular formula is C24H34. The minimum Gasteiger partial charge on any atom is -0.0614 e. The van der Waals surface area contributed by atoms with Crippen LogP contribution in [0, 0.1) is 6.92 Å². The zero-order chi connectivity index (χ0) is 18.3. The Bertz CT molecular complexity index is 719. The van der Waals surface area contributed by atoms with Gasteiger partial charge in [-0.3, -0.25) is 0 Å². The van der Waals surface area contributed by atoms with Gasteiger partial charge in [-0.05, 0) is 57.1 Å². The van der Waals surface area contributed by atoms with Crippen molar-refractivity contribution in [3.8, 4) is 11.1 Å². The van der Waals surface area contributed by atoms with Crippen LogP contribution in [-0.4, -0.2) is 0 Å². The Morgan fingerprint density at radius 3 is 1.83 bits per heavy atom. The van der Waals surface area contributed by atoms with E-state index < -0.39 is 0 Å². The van der Waals surface area contributed by atoms with Gasteiger partial charge in [-0.25, -0.2) is 0 Å². The highest BCUT2D eigenvalue weighted by atomic mass is 14.2. The molecule has 2 aromatic carbocycles. The van der Waals surface area contributed by atoms with Gasteiger partial charge in [-0.1, -0.05) is 91.8 Å². The molecule has 0 aliphatic heterocycles. The molecule has 0 unspecified atom stereocenters. The molecule has 0 nitrogen and oxygen atoms in total. The summed E-state index contributed by atoms with van der Waals surface area (Å²) in [6.45, 7) is 20.6. The van der Waals surface area contributed by atoms with E-state index in [9.17, 15) is 0 Å². The average Bonchev–Trinajstić information content (AvgIpc) is 2.45. The summed E-state index contributed by atoms with van der Waals surface area (Å²) < 4.78 is 0. The van der Waals surface area contributed by atoms with Crippen LogP contribution in [0.4, 0.5) is 0 Å². The SMILES string of the molecule is Cc1c(-c2cccc(C(C)(C)C)c2)cc(C(C)(C)C)cc1C(C)C. The van der Waals surface area contributed by atoms with Crippen LogP contribution < -0.4 is 0 Å². The van der Waals surface area contributed by atoms with E-state index in [4.69, 9.17) is 0 Å². The minimum absolute atomic E-state index is 0.160. The maximum Gasteiger partial charge on any atom is -0.0132 e. The zero-order valence-electron chi connectivity index (χ0n) is 17.0. The predicted molar refractivity (Wildman–Crippen MR) is 108 cm³/mol. The van der Waals surface area contributed by atoms with E-state index in [1.54, 1.807) is 0 Å². The lowest BCUT2D eigenvalue weighted by Gasteiger charge is -2.25. The Morgan fingerprint density at radius 2 is 1.33 bits per heavy atom. The molecule has 0 fully saturated rings. The Morgan fingerprint density at radius 1 is 0.750 bits per heavy atom. The van der Waals surface area contributed by atoms with Crippen LogP contribution in [0.1, 0.15) is 83.6 Å². The molecule has 0 bridgehead atoms. The first-order valence-corrected chi connectivity index (χ1v) is 9.17. The van der Waals surface area contributed by atoms with Crippen LogP contribution >= 0.6 is 0 Å². The Hall–Kier alpha value is -1.56. The van der Waals surface area contributed by atoms with Crippen LogP contribution in [0.3, 0.4) is 0 Å². The monoisotopic (exact) mass is 322 g/mol. The van der Waals surface area contributed by atoms with Gasteiger partial charge in [0.05, 0.1) is 0 Å². The van der Waals surface area contributed by atoms with Crippen molar-refractivity contribution >= 4 is 0 Å². The molecule has 0 aliphatic carbocycles. The quantitative estimate of drug-likeness (QED) is 0.541. The predicted octanol–water partition coefficient (Wildman–Crippen LogP) is 7.38. The van der Waals surface area contributed by atoms with Crippen LogP contribution in [0.15, 0.2) is 36.4 Å². The van der Waals surface area contributed by atoms with Crippen molar-refractivity contribution in [2.45, 2.75) is 79.1 Å². The van der Waals surface area contributed by atoms with E-state index in [-0.39, 0.29) is 10.8 Å². The third-order valence-electron chi connectivity index (χ3n) is 4.98. The Labute approximate surface area is 149 Å². The first-order valence-electron chi connectivity index (χ1n) is 9.17. The number of rotatable bonds is 2. The zero-order valence-corrected chi connectivity index (χ0v) is 17.0. The molecule has 0 heteroatoms. The van der Waals surface area contributed by atoms with Gasteiger partial charge in [-0.2, -0.15) is 0 Å². The van der Waals surface area contributed by atoms with E-state index in [1.165, 1.54) is 33.4 Å². The third-order valence-corrected chi connectivity index (χ3v) is 4.98. The minimum atomic E-state index is 0.160. The second kappa shape index (κ2) is 6.39. The molecule has 130 valence electrons. The summed E-state index contributed by atoms with van der Waals surface area (Å²) in [5.41, 5.74) is 8.77. The van der Waals surface area contributed by atoms with Gasteiger partial charge in [0.2, 0.25) is 0 Å². The first-order chi connectivity index (χ1) is 10.9. The van der Waals surface area contributed by atoms with Crippen molar-refractivity contribution in [2.75, 3.05) is 0 Å². The van der Waals surface area contributed by atoms with Crippen molar-refractivity contribution < 1.29 is 0 Å². The summed E-state index contributed by atoms with van der Waals surface area (Å²) in [7, 11) is 0. The molecule has 2 rings (SSSR count). The fourth-order valence-electron chi connectivity index (χ4n) is 3.22. The van der Waals surface area contributed by atoms with E-state index in [2.05, 4.69) is 98.7 Å². The normalized spacial score (nSPS) is 12.8. The lowest BCUT2D eigenvalue weighted by atomic mass is 9.79. The molecule has 0 saturated heterocycles. The fourth-order valence-corrected chi connectivity index (χ4v) is 3.22. The van der Waals surface area contributed by atoms with Crippen LogP contribution in [0.2, 0.25) is 0 Å². The molecule has 0 amide bonds. The molecule has 0 saturated carbocycles. The number of hydrogen-bond donors (Lipinski definition) is 0. The van der Waals surface area contributed by atoms with Crippen molar-refractivity contribution in [3.63, 3.8) is 0 Å². The molecule has 0 N–H and O–H groups in total. The average molecular weight is 323 g/mol. The van der Waals surface area contributed by atoms with Gasteiger partial charge in [0.1, 0.15) is 0 Å². The summed E-state index contributed by atoms with van der Waals surface area (Å²) in [6, 6.07) is 13.9. The molecule has 0 aliphatic rings. The second-order valence-electron chi connectivity index (χ2n) is 9.47. The van der Waals surface area contributed by atoms with Gasteiger partial charge < -0.3 is 0 Å². The molecule has 0 atom stereocenters. The molecular weight excluding hydrogens is 288 g/mol. The molecule has 24 heavy (non-hydrogen) atoms. The second-order valence-corrected chi connectivity index (χ2v) is 9.47. The molecule has 0 spiro atoms. The van der Waals surface area contributed by atoms with Gasteiger partial charge in [0, 0.05) is 0 Å². The van der Waals surface area contributed by atoms with E-state index in [0.717, 1.165) is 0 Å². The van der Waals surface area contributed by atoms with Crippen LogP contribution in [-0.2, 0) is 10.8 Å². The Kier molecular flexibility index (Phi) is 5.00. The van der Waals surface area contributed by atoms with Gasteiger partial charge in [0.25, 0.3) is 0 Å². The molecule has 0 aromatic heterocycles. The maximum atomic E-state index is 2.41. The van der Waals surface area contributed by atoms with Crippen LogP contribution in [0.5, 0.6) is 0 Å². The summed E-state index contributed by atoms with van der Waals surface area (Å²) in [4.78, 5) is 0. The van der Waals surface area contributed by atoms with E-state index >= 15 is 0 Å². The summed E-state index contributed by atoms with van der Waals surface area (Å²) >= 11 is 0. The van der Waals surface area contributed by atoms with Crippen LogP contribution in [0.25, 0.3) is 11.1 Å². The Balaban J connectivity index is 2.72. The lowest BCUT2D eigenvalue weighted by molar-refractivity contribution is 0.588. The van der Waals surface area contributed by atoms with Gasteiger partial charge in [-0.15, -0.1) is 0 Å². The largest absolute Gasteiger partial charge is 0.0614 e. The van der Waals surface area contributed by atoms with Crippen molar-refractivity contribution in [2.24, 2.45) is 0 Å². The van der Waals surface area contributed by atoms with E-state index in [0.29, 0.717) is 5.92 Å². The van der Waals surface area contributed by atoms with Crippen molar-refractivity contribution in [3.05, 3.63) is 58.7 Å². The third kappa shape index (κ3) is 3.91. The maximum absolute atomic E-state index is 2.41. The highest BCUT2D eigenvalue weighted by molar-refractivity contribution is 5.71.